The Kier molecular flexibility index (Phi) is 10.7. The molecule has 0 unspecified atom stereocenters. The molecule has 3 aliphatic heterocycles. The Bertz CT molecular complexity index is 1990. The van der Waals surface area contributed by atoms with Crippen LogP contribution in [0.2, 0.25) is 0 Å². The normalized spacial score (nSPS) is 27.9. The summed E-state index contributed by atoms with van der Waals surface area (Å²) >= 11 is 0. The van der Waals surface area contributed by atoms with Crippen molar-refractivity contribution in [3.8, 4) is 0 Å². The zero-order chi connectivity index (χ0) is 39.1. The van der Waals surface area contributed by atoms with E-state index in [9.17, 15) is 45.2 Å². The number of sulfonamides is 1. The Morgan fingerprint density at radius 1 is 1.02 bits per heavy atom. The lowest BCUT2D eigenvalue weighted by Crippen LogP contribution is -2.58. The summed E-state index contributed by atoms with van der Waals surface area (Å²) in [5.41, 5.74) is -1.14. The molecular weight excluding hydrogens is 747 g/mol. The Morgan fingerprint density at radius 2 is 1.80 bits per heavy atom. The van der Waals surface area contributed by atoms with Gasteiger partial charge in [-0.25, -0.2) is 17.6 Å². The second-order valence-electron chi connectivity index (χ2n) is 15.1. The number of nitrogens with zero attached hydrogens (tertiary/aromatic N) is 2. The van der Waals surface area contributed by atoms with Crippen LogP contribution in [0.1, 0.15) is 80.0 Å². The monoisotopic (exact) mass is 789 g/mol. The van der Waals surface area contributed by atoms with Crippen molar-refractivity contribution in [2.45, 2.75) is 113 Å². The summed E-state index contributed by atoms with van der Waals surface area (Å²) in [5.74, 6) is -3.12. The molecule has 3 N–H and O–H groups in total. The van der Waals surface area contributed by atoms with Crippen molar-refractivity contribution in [1.29, 1.82) is 0 Å². The summed E-state index contributed by atoms with van der Waals surface area (Å²) in [6, 6.07) is 7.10. The fourth-order valence-corrected chi connectivity index (χ4v) is 9.09. The van der Waals surface area contributed by atoms with E-state index in [1.807, 2.05) is 6.08 Å². The maximum atomic E-state index is 14.4. The number of alkyl halides is 3. The van der Waals surface area contributed by atoms with Crippen molar-refractivity contribution in [1.82, 2.24) is 25.2 Å². The van der Waals surface area contributed by atoms with Crippen LogP contribution in [0.15, 0.2) is 54.6 Å². The molecule has 2 aromatic carbocycles. The summed E-state index contributed by atoms with van der Waals surface area (Å²) in [6.45, 7) is -0.224. The molecule has 0 spiro atoms. The summed E-state index contributed by atoms with van der Waals surface area (Å²) < 4.78 is 88.3. The lowest BCUT2D eigenvalue weighted by molar-refractivity contribution is -0.141. The minimum Gasteiger partial charge on any atom is -0.444 e. The lowest BCUT2D eigenvalue weighted by atomic mass is 10.0. The Hall–Kier alpha value is -4.51. The highest BCUT2D eigenvalue weighted by atomic mass is 32.2. The number of halogens is 4. The Morgan fingerprint density at radius 3 is 2.55 bits per heavy atom. The third-order valence-electron chi connectivity index (χ3n) is 11.1. The number of ether oxygens (including phenoxy) is 1. The molecule has 3 fully saturated rings. The Balaban J connectivity index is 1.14. The van der Waals surface area contributed by atoms with Gasteiger partial charge in [0, 0.05) is 31.0 Å². The molecular formula is C38H43F4N5O7S. The molecule has 3 heterocycles. The number of allylic oxidation sites excluding steroid dienone is 1. The van der Waals surface area contributed by atoms with Crippen molar-refractivity contribution < 1.29 is 49.9 Å². The number of hydrogen-bond donors (Lipinski definition) is 3. The van der Waals surface area contributed by atoms with Gasteiger partial charge in [-0.05, 0) is 61.8 Å². The van der Waals surface area contributed by atoms with Crippen LogP contribution in [0.5, 0.6) is 0 Å². The topological polar surface area (TPSA) is 154 Å². The van der Waals surface area contributed by atoms with Crippen LogP contribution in [0, 0.1) is 11.7 Å². The van der Waals surface area contributed by atoms with Crippen LogP contribution in [0.25, 0.3) is 0 Å². The van der Waals surface area contributed by atoms with E-state index < -0.39 is 86.3 Å². The smallest absolute Gasteiger partial charge is 0.416 e. The van der Waals surface area contributed by atoms with E-state index >= 15 is 0 Å². The van der Waals surface area contributed by atoms with Crippen LogP contribution in [-0.4, -0.2) is 77.6 Å². The standard InChI is InChI=1S/C38H43F4N5O7S/c39-30-12-7-9-24-20-46(22-29(24)30)36(51)54-27-17-32-33(48)44-37(35(50)45-55(52,53)28-14-15-28)18-26(37)10-4-2-1-3-5-13-31(34(49)47(32)21-27)43-19-23-8-6-11-25(16-23)38(40,41)42/h4,6-12,16,26-28,31-32,43H,1-3,5,13-15,17-22H2,(H,44,48)(H,45,50)/b10-4-/t26-,27-,31+,32+,37-/m1/s1. The Labute approximate surface area is 316 Å². The predicted molar refractivity (Wildman–Crippen MR) is 189 cm³/mol. The molecule has 12 nitrogen and oxygen atoms in total. The van der Waals surface area contributed by atoms with Crippen LogP contribution < -0.4 is 15.4 Å². The second-order valence-corrected chi connectivity index (χ2v) is 17.1. The molecule has 2 saturated carbocycles. The highest BCUT2D eigenvalue weighted by Gasteiger charge is 2.62. The molecule has 5 atom stereocenters. The minimum atomic E-state index is -4.56. The van der Waals surface area contributed by atoms with Crippen LogP contribution in [0.3, 0.4) is 0 Å². The van der Waals surface area contributed by atoms with E-state index in [1.54, 1.807) is 18.2 Å². The van der Waals surface area contributed by atoms with Crippen molar-refractivity contribution in [3.63, 3.8) is 0 Å². The molecule has 0 bridgehead atoms. The average Bonchev–Trinajstić information content (AvgIpc) is 4.02. The van der Waals surface area contributed by atoms with Gasteiger partial charge in [0.1, 0.15) is 23.5 Å². The number of carbonyl (C=O) groups excluding carboxylic acids is 4. The SMILES string of the molecule is O=C1N[C@]2(C(=O)NS(=O)(=O)C3CC3)C[C@H]2/C=C\CCCCC[C@H](NCc2cccc(C(F)(F)F)c2)C(=O)N2C[C@H](OC(=O)N3Cc4cccc(F)c4C3)C[C@@H]12. The van der Waals surface area contributed by atoms with Gasteiger partial charge in [0.25, 0.3) is 5.91 Å². The highest BCUT2D eigenvalue weighted by molar-refractivity contribution is 7.91. The predicted octanol–water partition coefficient (Wildman–Crippen LogP) is 4.43. The van der Waals surface area contributed by atoms with Gasteiger partial charge >= 0.3 is 12.3 Å². The summed E-state index contributed by atoms with van der Waals surface area (Å²) in [5, 5.41) is 5.19. The first-order chi connectivity index (χ1) is 26.1. The first-order valence-corrected chi connectivity index (χ1v) is 20.2. The second kappa shape index (κ2) is 15.2. The molecule has 55 heavy (non-hydrogen) atoms. The number of hydrogen-bond acceptors (Lipinski definition) is 8. The van der Waals surface area contributed by atoms with Gasteiger partial charge in [-0.15, -0.1) is 0 Å². The number of benzene rings is 2. The van der Waals surface area contributed by atoms with E-state index in [4.69, 9.17) is 4.74 Å². The molecule has 0 aromatic heterocycles. The van der Waals surface area contributed by atoms with Crippen molar-refractivity contribution >= 4 is 33.8 Å². The maximum absolute atomic E-state index is 14.4. The summed E-state index contributed by atoms with van der Waals surface area (Å²) in [7, 11) is -3.95. The maximum Gasteiger partial charge on any atom is 0.416 e. The van der Waals surface area contributed by atoms with Crippen molar-refractivity contribution in [2.75, 3.05) is 6.54 Å². The number of rotatable bonds is 7. The number of fused-ring (bicyclic) bond motifs is 3. The fourth-order valence-electron chi connectivity index (χ4n) is 7.73. The van der Waals surface area contributed by atoms with Crippen LogP contribution in [-0.2, 0) is 55.0 Å². The molecule has 4 amide bonds. The van der Waals surface area contributed by atoms with Gasteiger partial charge in [-0.1, -0.05) is 55.3 Å². The largest absolute Gasteiger partial charge is 0.444 e. The quantitative estimate of drug-likeness (QED) is 0.275. The van der Waals surface area contributed by atoms with Crippen molar-refractivity contribution in [3.05, 3.63) is 82.7 Å². The molecule has 296 valence electrons. The first kappa shape index (κ1) is 38.8. The van der Waals surface area contributed by atoms with E-state index in [0.717, 1.165) is 18.6 Å². The van der Waals surface area contributed by atoms with Gasteiger partial charge in [0.05, 0.1) is 29.9 Å². The third kappa shape index (κ3) is 8.52. The first-order valence-electron chi connectivity index (χ1n) is 18.6. The van der Waals surface area contributed by atoms with E-state index in [1.165, 1.54) is 28.0 Å². The van der Waals surface area contributed by atoms with Crippen LogP contribution >= 0.6 is 0 Å². The van der Waals surface area contributed by atoms with Gasteiger partial charge < -0.3 is 20.3 Å². The molecule has 1 saturated heterocycles. The zero-order valence-electron chi connectivity index (χ0n) is 29.9. The van der Waals surface area contributed by atoms with Gasteiger partial charge in [-0.3, -0.25) is 24.0 Å². The molecule has 0 radical (unpaired) electrons. The lowest BCUT2D eigenvalue weighted by Gasteiger charge is -2.30. The van der Waals surface area contributed by atoms with Crippen LogP contribution in [0.4, 0.5) is 22.4 Å². The van der Waals surface area contributed by atoms with E-state index in [-0.39, 0.29) is 39.0 Å². The number of amides is 4. The van der Waals surface area contributed by atoms with Gasteiger partial charge in [0.15, 0.2) is 0 Å². The number of nitrogens with one attached hydrogen (secondary N) is 3. The zero-order valence-corrected chi connectivity index (χ0v) is 30.8. The molecule has 7 rings (SSSR count). The fraction of sp³-hybridized carbons (Fsp3) is 0.526. The molecule has 2 aliphatic carbocycles. The molecule has 2 aromatic rings. The molecule has 5 aliphatic rings. The third-order valence-corrected chi connectivity index (χ3v) is 12.9. The highest BCUT2D eigenvalue weighted by Crippen LogP contribution is 2.46. The summed E-state index contributed by atoms with van der Waals surface area (Å²) in [6.07, 6.45) is 1.11. The minimum absolute atomic E-state index is 0.0298. The summed E-state index contributed by atoms with van der Waals surface area (Å²) in [4.78, 5) is 58.3. The van der Waals surface area contributed by atoms with Crippen molar-refractivity contribution in [2.24, 2.45) is 5.92 Å². The average molecular weight is 790 g/mol. The van der Waals surface area contributed by atoms with E-state index in [2.05, 4.69) is 15.4 Å². The van der Waals surface area contributed by atoms with E-state index in [0.29, 0.717) is 55.2 Å². The van der Waals surface area contributed by atoms with Gasteiger partial charge in [0.2, 0.25) is 21.8 Å². The molecule has 17 heteroatoms. The van der Waals surface area contributed by atoms with Gasteiger partial charge in [-0.2, -0.15) is 13.2 Å². The number of carbonyl (C=O) groups is 4.